The Hall–Kier alpha value is -3.25. The van der Waals surface area contributed by atoms with Crippen molar-refractivity contribution in [3.63, 3.8) is 0 Å². The molecule has 0 radical (unpaired) electrons. The first-order chi connectivity index (χ1) is 17.1. The van der Waals surface area contributed by atoms with Gasteiger partial charge in [-0.25, -0.2) is 4.98 Å². The van der Waals surface area contributed by atoms with Crippen molar-refractivity contribution in [3.8, 4) is 0 Å². The van der Waals surface area contributed by atoms with Crippen molar-refractivity contribution in [1.82, 2.24) is 14.8 Å². The van der Waals surface area contributed by atoms with Gasteiger partial charge in [-0.3, -0.25) is 14.5 Å². The van der Waals surface area contributed by atoms with E-state index in [0.717, 1.165) is 50.1 Å². The van der Waals surface area contributed by atoms with Crippen molar-refractivity contribution in [1.29, 1.82) is 0 Å². The third-order valence-corrected chi connectivity index (χ3v) is 8.05. The molecule has 4 heterocycles. The number of benzene rings is 1. The maximum Gasteiger partial charge on any atom is 0.246 e. The maximum atomic E-state index is 13.0. The molecule has 2 aromatic rings. The van der Waals surface area contributed by atoms with Crippen LogP contribution in [0.4, 0.5) is 5.82 Å². The minimum absolute atomic E-state index is 0.0397. The Morgan fingerprint density at radius 1 is 1.11 bits per heavy atom. The maximum absolute atomic E-state index is 13.0. The Morgan fingerprint density at radius 3 is 2.86 bits per heavy atom. The summed E-state index contributed by atoms with van der Waals surface area (Å²) in [7, 11) is 0. The molecule has 1 aliphatic carbocycles. The second-order valence-corrected chi connectivity index (χ2v) is 10.4. The van der Waals surface area contributed by atoms with Gasteiger partial charge in [-0.05, 0) is 66.5 Å². The van der Waals surface area contributed by atoms with Crippen LogP contribution in [0.5, 0.6) is 0 Å². The van der Waals surface area contributed by atoms with Crippen LogP contribution in [0.15, 0.2) is 54.7 Å². The molecule has 2 unspecified atom stereocenters. The molecule has 2 fully saturated rings. The highest BCUT2D eigenvalue weighted by Gasteiger charge is 2.37. The van der Waals surface area contributed by atoms with Gasteiger partial charge >= 0.3 is 0 Å². The van der Waals surface area contributed by atoms with E-state index in [1.165, 1.54) is 24.0 Å². The highest BCUT2D eigenvalue weighted by molar-refractivity contribution is 5.93. The van der Waals surface area contributed by atoms with E-state index in [0.29, 0.717) is 30.1 Å². The number of nitrogens with one attached hydrogen (secondary N) is 1. The van der Waals surface area contributed by atoms with Crippen LogP contribution >= 0.6 is 0 Å². The van der Waals surface area contributed by atoms with Crippen LogP contribution in [-0.4, -0.2) is 52.3 Å². The number of likely N-dealkylation sites (tertiary alicyclic amines) is 1. The minimum Gasteiger partial charge on any atom is -0.338 e. The van der Waals surface area contributed by atoms with Gasteiger partial charge in [-0.2, -0.15) is 0 Å². The summed E-state index contributed by atoms with van der Waals surface area (Å²) in [4.78, 5) is 34.3. The predicted molar refractivity (Wildman–Crippen MR) is 137 cm³/mol. The standard InChI is InChI=1S/C29H32N4O2/c34-27-15-26-8-4-5-11-32(26)19-25-12-20(16-30-29(25)31-27)9-10-28(35)33-17-23-13-22(14-24(23)18-33)21-6-2-1-3-7-21/h1-3,6-7,9-10,12-13,16,23-24,26H,4-5,8,11,14-15,17-19H2,(H,30,31,34)/t23-,24?,26?/m1/s1. The van der Waals surface area contributed by atoms with E-state index >= 15 is 0 Å². The smallest absolute Gasteiger partial charge is 0.246 e. The van der Waals surface area contributed by atoms with Gasteiger partial charge in [0.15, 0.2) is 0 Å². The molecule has 3 atom stereocenters. The first-order valence-electron chi connectivity index (χ1n) is 12.9. The van der Waals surface area contributed by atoms with Gasteiger partial charge in [-0.1, -0.05) is 42.8 Å². The first-order valence-corrected chi connectivity index (χ1v) is 12.9. The predicted octanol–water partition coefficient (Wildman–Crippen LogP) is 4.35. The fourth-order valence-corrected chi connectivity index (χ4v) is 6.20. The van der Waals surface area contributed by atoms with Crippen LogP contribution in [0.3, 0.4) is 0 Å². The number of pyridine rings is 1. The van der Waals surface area contributed by atoms with E-state index in [2.05, 4.69) is 51.6 Å². The fourth-order valence-electron chi connectivity index (χ4n) is 6.20. The Morgan fingerprint density at radius 2 is 2.00 bits per heavy atom. The number of carbonyl (C=O) groups excluding carboxylic acids is 2. The zero-order valence-electron chi connectivity index (χ0n) is 20.0. The van der Waals surface area contributed by atoms with Crippen molar-refractivity contribution in [2.45, 2.75) is 44.7 Å². The lowest BCUT2D eigenvalue weighted by molar-refractivity contribution is -0.125. The molecule has 6 heteroatoms. The molecule has 0 saturated carbocycles. The number of allylic oxidation sites excluding steroid dienone is 1. The summed E-state index contributed by atoms with van der Waals surface area (Å²) < 4.78 is 0. The number of amides is 2. The highest BCUT2D eigenvalue weighted by atomic mass is 16.2. The average Bonchev–Trinajstić information content (AvgIpc) is 3.44. The SMILES string of the molecule is O=C1CC2CCCCN2Cc2cc(C=CC(=O)N3CC4CC(c5ccccc5)=C[C@@H]4C3)cnc2N1. The molecule has 180 valence electrons. The normalized spacial score (nSPS) is 26.4. The average molecular weight is 469 g/mol. The Labute approximate surface area is 206 Å². The lowest BCUT2D eigenvalue weighted by atomic mass is 9.97. The number of rotatable bonds is 3. The number of piperidine rings is 1. The molecule has 0 bridgehead atoms. The minimum atomic E-state index is 0.0397. The summed E-state index contributed by atoms with van der Waals surface area (Å²) in [6, 6.07) is 12.9. The van der Waals surface area contributed by atoms with Crippen LogP contribution in [0.25, 0.3) is 11.6 Å². The number of hydrogen-bond acceptors (Lipinski definition) is 4. The van der Waals surface area contributed by atoms with Crippen molar-refractivity contribution in [2.24, 2.45) is 11.8 Å². The molecule has 6 nitrogen and oxygen atoms in total. The molecule has 3 aliphatic heterocycles. The Balaban J connectivity index is 1.12. The third kappa shape index (κ3) is 4.67. The zero-order valence-corrected chi connectivity index (χ0v) is 20.0. The third-order valence-electron chi connectivity index (χ3n) is 8.05. The summed E-state index contributed by atoms with van der Waals surface area (Å²) in [5.74, 6) is 1.71. The fraction of sp³-hybridized carbons (Fsp3) is 0.414. The molecule has 1 aromatic carbocycles. The summed E-state index contributed by atoms with van der Waals surface area (Å²) in [6.07, 6.45) is 12.7. The number of aromatic nitrogens is 1. The lowest BCUT2D eigenvalue weighted by Gasteiger charge is -2.37. The Kier molecular flexibility index (Phi) is 5.98. The van der Waals surface area contributed by atoms with Gasteiger partial charge in [0.05, 0.1) is 0 Å². The topological polar surface area (TPSA) is 65.5 Å². The summed E-state index contributed by atoms with van der Waals surface area (Å²) in [5.41, 5.74) is 4.64. The molecule has 4 aliphatic rings. The van der Waals surface area contributed by atoms with Crippen LogP contribution < -0.4 is 5.32 Å². The highest BCUT2D eigenvalue weighted by Crippen LogP contribution is 2.41. The van der Waals surface area contributed by atoms with Crippen LogP contribution in [-0.2, 0) is 16.1 Å². The lowest BCUT2D eigenvalue weighted by Crippen LogP contribution is -2.42. The zero-order chi connectivity index (χ0) is 23.8. The summed E-state index contributed by atoms with van der Waals surface area (Å²) in [6.45, 7) is 3.41. The van der Waals surface area contributed by atoms with Crippen molar-refractivity contribution < 1.29 is 9.59 Å². The van der Waals surface area contributed by atoms with Gasteiger partial charge in [-0.15, -0.1) is 0 Å². The number of hydrogen-bond donors (Lipinski definition) is 1. The largest absolute Gasteiger partial charge is 0.338 e. The second-order valence-electron chi connectivity index (χ2n) is 10.4. The molecule has 0 spiro atoms. The van der Waals surface area contributed by atoms with E-state index in [9.17, 15) is 9.59 Å². The first kappa shape index (κ1) is 22.2. The van der Waals surface area contributed by atoms with E-state index in [4.69, 9.17) is 0 Å². The molecule has 35 heavy (non-hydrogen) atoms. The Bertz CT molecular complexity index is 1190. The molecule has 2 amide bonds. The van der Waals surface area contributed by atoms with E-state index in [-0.39, 0.29) is 11.8 Å². The van der Waals surface area contributed by atoms with Gasteiger partial charge in [0.25, 0.3) is 0 Å². The van der Waals surface area contributed by atoms with Crippen LogP contribution in [0.2, 0.25) is 0 Å². The van der Waals surface area contributed by atoms with Crippen molar-refractivity contribution in [3.05, 3.63) is 71.4 Å². The number of fused-ring (bicyclic) bond motifs is 3. The number of nitrogens with zero attached hydrogens (tertiary/aromatic N) is 3. The molecule has 1 N–H and O–H groups in total. The van der Waals surface area contributed by atoms with Crippen molar-refractivity contribution in [2.75, 3.05) is 25.0 Å². The molecule has 1 aromatic heterocycles. The van der Waals surface area contributed by atoms with Crippen molar-refractivity contribution >= 4 is 29.3 Å². The monoisotopic (exact) mass is 468 g/mol. The number of carbonyl (C=O) groups is 2. The van der Waals surface area contributed by atoms with Gasteiger partial charge in [0.2, 0.25) is 11.8 Å². The molecule has 2 saturated heterocycles. The van der Waals surface area contributed by atoms with E-state index in [1.807, 2.05) is 17.0 Å². The van der Waals surface area contributed by atoms with E-state index in [1.54, 1.807) is 12.3 Å². The van der Waals surface area contributed by atoms with Gasteiger partial charge < -0.3 is 10.2 Å². The molecular weight excluding hydrogens is 436 g/mol. The number of anilines is 1. The van der Waals surface area contributed by atoms with Gasteiger partial charge in [0, 0.05) is 49.9 Å². The summed E-state index contributed by atoms with van der Waals surface area (Å²) >= 11 is 0. The van der Waals surface area contributed by atoms with Crippen LogP contribution in [0, 0.1) is 11.8 Å². The van der Waals surface area contributed by atoms with Gasteiger partial charge in [0.1, 0.15) is 5.82 Å². The quantitative estimate of drug-likeness (QED) is 0.680. The summed E-state index contributed by atoms with van der Waals surface area (Å²) in [5, 5.41) is 2.99. The molecule has 6 rings (SSSR count). The van der Waals surface area contributed by atoms with Crippen LogP contribution in [0.1, 0.15) is 48.8 Å². The second kappa shape index (κ2) is 9.42. The van der Waals surface area contributed by atoms with E-state index < -0.39 is 0 Å². The molecular formula is C29H32N4O2.